The first-order chi connectivity index (χ1) is 9.74. The summed E-state index contributed by atoms with van der Waals surface area (Å²) in [7, 11) is 4.12. The summed E-state index contributed by atoms with van der Waals surface area (Å²) in [5.41, 5.74) is 6.06. The molecule has 1 rings (SSSR count). The van der Waals surface area contributed by atoms with Crippen molar-refractivity contribution in [1.29, 1.82) is 0 Å². The van der Waals surface area contributed by atoms with Crippen molar-refractivity contribution in [2.24, 2.45) is 17.1 Å². The minimum absolute atomic E-state index is 0.0345. The van der Waals surface area contributed by atoms with E-state index in [2.05, 4.69) is 44.7 Å². The van der Waals surface area contributed by atoms with E-state index in [0.29, 0.717) is 12.6 Å². The quantitative estimate of drug-likeness (QED) is 0.784. The van der Waals surface area contributed by atoms with Gasteiger partial charge in [0, 0.05) is 25.7 Å². The maximum Gasteiger partial charge on any atom is 0.227 e. The second-order valence-electron chi connectivity index (χ2n) is 7.97. The van der Waals surface area contributed by atoms with E-state index in [1.165, 1.54) is 12.8 Å². The van der Waals surface area contributed by atoms with Crippen molar-refractivity contribution in [2.75, 3.05) is 33.7 Å². The lowest BCUT2D eigenvalue weighted by atomic mass is 9.84. The summed E-state index contributed by atoms with van der Waals surface area (Å²) in [6, 6.07) is 0.437. The highest BCUT2D eigenvalue weighted by Gasteiger charge is 2.32. The van der Waals surface area contributed by atoms with Crippen LogP contribution in [0.3, 0.4) is 0 Å². The fourth-order valence-corrected chi connectivity index (χ4v) is 3.24. The summed E-state index contributed by atoms with van der Waals surface area (Å²) in [5.74, 6) is 0.244. The smallest absolute Gasteiger partial charge is 0.227 e. The van der Waals surface area contributed by atoms with Gasteiger partial charge in [0.1, 0.15) is 0 Å². The molecule has 4 nitrogen and oxygen atoms in total. The SMILES string of the molecule is CN(C)CCN(C(=O)C(CN)CC(C)(C)C)C1CCCC1. The molecule has 0 aromatic carbocycles. The third-order valence-electron chi connectivity index (χ3n) is 4.33. The molecule has 1 unspecified atom stereocenters. The van der Waals surface area contributed by atoms with E-state index >= 15 is 0 Å². The third-order valence-corrected chi connectivity index (χ3v) is 4.33. The topological polar surface area (TPSA) is 49.6 Å². The normalized spacial score (nSPS) is 18.2. The van der Waals surface area contributed by atoms with Crippen LogP contribution in [0.15, 0.2) is 0 Å². The van der Waals surface area contributed by atoms with E-state index in [0.717, 1.165) is 32.4 Å². The van der Waals surface area contributed by atoms with E-state index in [-0.39, 0.29) is 17.2 Å². The summed E-state index contributed by atoms with van der Waals surface area (Å²) in [5, 5.41) is 0. The molecular weight excluding hydrogens is 262 g/mol. The zero-order chi connectivity index (χ0) is 16.0. The van der Waals surface area contributed by atoms with Crippen LogP contribution in [0.4, 0.5) is 0 Å². The van der Waals surface area contributed by atoms with Gasteiger partial charge in [0.25, 0.3) is 0 Å². The molecule has 0 aromatic rings. The Hall–Kier alpha value is -0.610. The van der Waals surface area contributed by atoms with Gasteiger partial charge >= 0.3 is 0 Å². The molecule has 0 aromatic heterocycles. The van der Waals surface area contributed by atoms with Crippen molar-refractivity contribution in [1.82, 2.24) is 9.80 Å². The summed E-state index contributed by atoms with van der Waals surface area (Å²) in [6.07, 6.45) is 5.69. The Bertz CT molecular complexity index is 316. The van der Waals surface area contributed by atoms with Gasteiger partial charge in [-0.1, -0.05) is 33.6 Å². The van der Waals surface area contributed by atoms with Crippen molar-refractivity contribution in [2.45, 2.75) is 58.9 Å². The van der Waals surface area contributed by atoms with Crippen LogP contribution in [0.1, 0.15) is 52.9 Å². The van der Waals surface area contributed by atoms with Crippen LogP contribution in [0.2, 0.25) is 0 Å². The predicted molar refractivity (Wildman–Crippen MR) is 89.1 cm³/mol. The highest BCUT2D eigenvalue weighted by atomic mass is 16.2. The Morgan fingerprint density at radius 2 is 1.76 bits per heavy atom. The maximum atomic E-state index is 13.0. The molecule has 1 fully saturated rings. The number of carbonyl (C=O) groups excluding carboxylic acids is 1. The lowest BCUT2D eigenvalue weighted by Crippen LogP contribution is -2.47. The van der Waals surface area contributed by atoms with Crippen LogP contribution >= 0.6 is 0 Å². The van der Waals surface area contributed by atoms with Gasteiger partial charge in [0.05, 0.1) is 5.92 Å². The molecule has 124 valence electrons. The number of rotatable bonds is 7. The number of hydrogen-bond donors (Lipinski definition) is 1. The number of nitrogens with two attached hydrogens (primary N) is 1. The van der Waals surface area contributed by atoms with Crippen molar-refractivity contribution >= 4 is 5.91 Å². The average Bonchev–Trinajstić information content (AvgIpc) is 2.88. The van der Waals surface area contributed by atoms with Crippen LogP contribution < -0.4 is 5.73 Å². The summed E-state index contributed by atoms with van der Waals surface area (Å²) < 4.78 is 0. The molecule has 0 heterocycles. The molecule has 4 heteroatoms. The van der Waals surface area contributed by atoms with Gasteiger partial charge in [0.15, 0.2) is 0 Å². The van der Waals surface area contributed by atoms with E-state index in [4.69, 9.17) is 5.73 Å². The molecule has 0 radical (unpaired) electrons. The van der Waals surface area contributed by atoms with Crippen molar-refractivity contribution in [3.63, 3.8) is 0 Å². The Morgan fingerprint density at radius 1 is 1.19 bits per heavy atom. The molecular formula is C17H35N3O. The maximum absolute atomic E-state index is 13.0. The Balaban J connectivity index is 2.76. The molecule has 0 aliphatic heterocycles. The zero-order valence-corrected chi connectivity index (χ0v) is 14.7. The van der Waals surface area contributed by atoms with Crippen LogP contribution in [-0.4, -0.2) is 55.5 Å². The molecule has 1 saturated carbocycles. The highest BCUT2D eigenvalue weighted by Crippen LogP contribution is 2.29. The van der Waals surface area contributed by atoms with Gasteiger partial charge in [-0.25, -0.2) is 0 Å². The Kier molecular flexibility index (Phi) is 7.14. The largest absolute Gasteiger partial charge is 0.338 e. The number of amides is 1. The summed E-state index contributed by atoms with van der Waals surface area (Å²) >= 11 is 0. The first-order valence-corrected chi connectivity index (χ1v) is 8.40. The zero-order valence-electron chi connectivity index (χ0n) is 14.7. The highest BCUT2D eigenvalue weighted by molar-refractivity contribution is 5.79. The lowest BCUT2D eigenvalue weighted by Gasteiger charge is -2.35. The molecule has 1 aliphatic rings. The fraction of sp³-hybridized carbons (Fsp3) is 0.941. The number of nitrogens with zero attached hydrogens (tertiary/aromatic N) is 2. The van der Waals surface area contributed by atoms with Crippen LogP contribution in [0.5, 0.6) is 0 Å². The summed E-state index contributed by atoms with van der Waals surface area (Å²) in [4.78, 5) is 17.3. The van der Waals surface area contributed by atoms with E-state index in [1.807, 2.05) is 0 Å². The number of hydrogen-bond acceptors (Lipinski definition) is 3. The van der Waals surface area contributed by atoms with Crippen LogP contribution in [0, 0.1) is 11.3 Å². The second-order valence-corrected chi connectivity index (χ2v) is 7.97. The van der Waals surface area contributed by atoms with Crippen LogP contribution in [-0.2, 0) is 4.79 Å². The fourth-order valence-electron chi connectivity index (χ4n) is 3.24. The molecule has 21 heavy (non-hydrogen) atoms. The van der Waals surface area contributed by atoms with E-state index in [9.17, 15) is 4.79 Å². The molecule has 2 N–H and O–H groups in total. The van der Waals surface area contributed by atoms with Crippen LogP contribution in [0.25, 0.3) is 0 Å². The minimum Gasteiger partial charge on any atom is -0.338 e. The first kappa shape index (κ1) is 18.4. The lowest BCUT2D eigenvalue weighted by molar-refractivity contribution is -0.138. The minimum atomic E-state index is -0.0345. The molecule has 0 spiro atoms. The van der Waals surface area contributed by atoms with Gasteiger partial charge in [0.2, 0.25) is 5.91 Å². The van der Waals surface area contributed by atoms with Gasteiger partial charge in [-0.15, -0.1) is 0 Å². The predicted octanol–water partition coefficient (Wildman–Crippen LogP) is 2.33. The molecule has 1 amide bonds. The van der Waals surface area contributed by atoms with E-state index < -0.39 is 0 Å². The van der Waals surface area contributed by atoms with Gasteiger partial charge in [-0.05, 0) is 38.8 Å². The van der Waals surface area contributed by atoms with Crippen molar-refractivity contribution in [3.05, 3.63) is 0 Å². The van der Waals surface area contributed by atoms with Crippen molar-refractivity contribution < 1.29 is 4.79 Å². The van der Waals surface area contributed by atoms with Gasteiger partial charge < -0.3 is 15.5 Å². The standard InChI is InChI=1S/C17H35N3O/c1-17(2,3)12-14(13-18)16(21)20(11-10-19(4)5)15-8-6-7-9-15/h14-15H,6-13,18H2,1-5H3. The third kappa shape index (κ3) is 6.35. The summed E-state index contributed by atoms with van der Waals surface area (Å²) in [6.45, 7) is 8.77. The first-order valence-electron chi connectivity index (χ1n) is 8.40. The molecule has 1 aliphatic carbocycles. The van der Waals surface area contributed by atoms with Gasteiger partial charge in [-0.3, -0.25) is 4.79 Å². The van der Waals surface area contributed by atoms with Crippen molar-refractivity contribution in [3.8, 4) is 0 Å². The number of carbonyl (C=O) groups is 1. The molecule has 1 atom stereocenters. The van der Waals surface area contributed by atoms with E-state index in [1.54, 1.807) is 0 Å². The van der Waals surface area contributed by atoms with Gasteiger partial charge in [-0.2, -0.15) is 0 Å². The number of likely N-dealkylation sites (N-methyl/N-ethyl adjacent to an activating group) is 1. The monoisotopic (exact) mass is 297 g/mol. The molecule has 0 saturated heterocycles. The Morgan fingerprint density at radius 3 is 2.19 bits per heavy atom. The Labute approximate surface area is 131 Å². The average molecular weight is 297 g/mol. The second kappa shape index (κ2) is 8.14. The molecule has 0 bridgehead atoms.